The van der Waals surface area contributed by atoms with Crippen LogP contribution in [0.4, 0.5) is 0 Å². The van der Waals surface area contributed by atoms with Gasteiger partial charge in [-0.1, -0.05) is 72.4 Å². The smallest absolute Gasteiger partial charge is 0.250 e. The molecule has 3 aromatic carbocycles. The molecule has 1 aromatic heterocycles. The molecule has 0 radical (unpaired) electrons. The van der Waals surface area contributed by atoms with Gasteiger partial charge in [-0.05, 0) is 58.8 Å². The number of halogens is 1. The molecule has 0 spiro atoms. The first kappa shape index (κ1) is 25.4. The van der Waals surface area contributed by atoms with E-state index in [2.05, 4.69) is 36.7 Å². The van der Waals surface area contributed by atoms with E-state index in [4.69, 9.17) is 4.74 Å². The van der Waals surface area contributed by atoms with Crippen molar-refractivity contribution < 1.29 is 9.53 Å². The number of ether oxygens (including phenoxy) is 1. The SMILES string of the molecule is CCOc1ccc(-n2c(SCC(=O)NN=CC(Br)=Cc3ccccc3)nnc2-c2ccccc2)cc1. The molecule has 4 rings (SSSR count). The van der Waals surface area contributed by atoms with E-state index in [-0.39, 0.29) is 11.7 Å². The summed E-state index contributed by atoms with van der Waals surface area (Å²) < 4.78 is 8.25. The van der Waals surface area contributed by atoms with Crippen molar-refractivity contribution in [1.29, 1.82) is 0 Å². The summed E-state index contributed by atoms with van der Waals surface area (Å²) in [6.07, 6.45) is 3.46. The van der Waals surface area contributed by atoms with Crippen LogP contribution in [-0.2, 0) is 4.79 Å². The lowest BCUT2D eigenvalue weighted by Gasteiger charge is -2.11. The number of benzene rings is 3. The first-order valence-corrected chi connectivity index (χ1v) is 13.0. The highest BCUT2D eigenvalue weighted by atomic mass is 79.9. The third kappa shape index (κ3) is 6.93. The lowest BCUT2D eigenvalue weighted by Crippen LogP contribution is -2.19. The Kier molecular flexibility index (Phi) is 9.07. The molecule has 0 atom stereocenters. The Morgan fingerprint density at radius 1 is 1.03 bits per heavy atom. The summed E-state index contributed by atoms with van der Waals surface area (Å²) in [5, 5.41) is 13.4. The number of amides is 1. The topological polar surface area (TPSA) is 81.4 Å². The van der Waals surface area contributed by atoms with Crippen LogP contribution in [-0.4, -0.2) is 39.2 Å². The van der Waals surface area contributed by atoms with E-state index in [1.54, 1.807) is 6.21 Å². The number of rotatable bonds is 10. The molecule has 0 bridgehead atoms. The number of hydrogen-bond acceptors (Lipinski definition) is 6. The summed E-state index contributed by atoms with van der Waals surface area (Å²) in [6, 6.07) is 27.4. The maximum atomic E-state index is 12.4. The molecule has 0 fully saturated rings. The minimum atomic E-state index is -0.251. The van der Waals surface area contributed by atoms with Gasteiger partial charge in [0.05, 0.1) is 18.6 Å². The molecule has 0 unspecified atom stereocenters. The van der Waals surface area contributed by atoms with Gasteiger partial charge in [0.2, 0.25) is 0 Å². The molecule has 36 heavy (non-hydrogen) atoms. The molecule has 1 N–H and O–H groups in total. The highest BCUT2D eigenvalue weighted by molar-refractivity contribution is 9.12. The number of nitrogens with zero attached hydrogens (tertiary/aromatic N) is 4. The van der Waals surface area contributed by atoms with Crippen LogP contribution in [0.3, 0.4) is 0 Å². The number of hydrazone groups is 1. The highest BCUT2D eigenvalue weighted by Crippen LogP contribution is 2.28. The van der Waals surface area contributed by atoms with E-state index in [1.807, 2.05) is 102 Å². The van der Waals surface area contributed by atoms with Crippen molar-refractivity contribution in [2.75, 3.05) is 12.4 Å². The Balaban J connectivity index is 1.46. The van der Waals surface area contributed by atoms with Crippen LogP contribution in [0.2, 0.25) is 0 Å². The number of aromatic nitrogens is 3. The van der Waals surface area contributed by atoms with Crippen LogP contribution in [0.1, 0.15) is 12.5 Å². The molecule has 182 valence electrons. The van der Waals surface area contributed by atoms with Gasteiger partial charge in [0.25, 0.3) is 5.91 Å². The summed E-state index contributed by atoms with van der Waals surface area (Å²) in [5.74, 6) is 1.35. The normalized spacial score (nSPS) is 11.6. The Hall–Kier alpha value is -3.69. The summed E-state index contributed by atoms with van der Waals surface area (Å²) >= 11 is 4.73. The van der Waals surface area contributed by atoms with Crippen molar-refractivity contribution in [3.63, 3.8) is 0 Å². The molecule has 7 nitrogen and oxygen atoms in total. The van der Waals surface area contributed by atoms with E-state index < -0.39 is 0 Å². The molecule has 4 aromatic rings. The van der Waals surface area contributed by atoms with Crippen LogP contribution in [0, 0.1) is 0 Å². The van der Waals surface area contributed by atoms with E-state index in [0.29, 0.717) is 17.6 Å². The predicted molar refractivity (Wildman–Crippen MR) is 149 cm³/mol. The van der Waals surface area contributed by atoms with Gasteiger partial charge in [-0.25, -0.2) is 5.43 Å². The van der Waals surface area contributed by atoms with Gasteiger partial charge in [0, 0.05) is 15.7 Å². The second kappa shape index (κ2) is 12.9. The molecule has 0 aliphatic heterocycles. The van der Waals surface area contributed by atoms with E-state index in [0.717, 1.165) is 27.0 Å². The monoisotopic (exact) mass is 561 g/mol. The van der Waals surface area contributed by atoms with Crippen molar-refractivity contribution in [2.24, 2.45) is 5.10 Å². The Bertz CT molecular complexity index is 1340. The number of hydrogen-bond donors (Lipinski definition) is 1. The minimum absolute atomic E-state index is 0.126. The molecule has 1 heterocycles. The zero-order valence-corrected chi connectivity index (χ0v) is 21.9. The predicted octanol–water partition coefficient (Wildman–Crippen LogP) is 5.96. The van der Waals surface area contributed by atoms with E-state index >= 15 is 0 Å². The molecule has 0 aliphatic rings. The third-order valence-electron chi connectivity index (χ3n) is 4.88. The van der Waals surface area contributed by atoms with Crippen molar-refractivity contribution in [3.8, 4) is 22.8 Å². The summed E-state index contributed by atoms with van der Waals surface area (Å²) in [4.78, 5) is 12.4. The number of carbonyl (C=O) groups is 1. The quantitative estimate of drug-likeness (QED) is 0.147. The van der Waals surface area contributed by atoms with Gasteiger partial charge in [-0.2, -0.15) is 5.10 Å². The fourth-order valence-corrected chi connectivity index (χ4v) is 4.41. The Labute approximate surface area is 222 Å². The largest absolute Gasteiger partial charge is 0.494 e. The maximum Gasteiger partial charge on any atom is 0.250 e. The van der Waals surface area contributed by atoms with Crippen LogP contribution in [0.5, 0.6) is 5.75 Å². The zero-order chi connectivity index (χ0) is 25.2. The fourth-order valence-electron chi connectivity index (χ4n) is 3.30. The standard InChI is InChI=1S/C27H24BrN5O2S/c1-2-35-24-15-13-23(14-16-24)33-26(21-11-7-4-8-12-21)31-32-27(33)36-19-25(34)30-29-18-22(28)17-20-9-5-3-6-10-20/h3-18H,2,19H2,1H3,(H,30,34). The van der Waals surface area contributed by atoms with Crippen molar-refractivity contribution in [3.05, 3.63) is 95.0 Å². The van der Waals surface area contributed by atoms with E-state index in [1.165, 1.54) is 11.8 Å². The number of thioether (sulfide) groups is 1. The summed E-state index contributed by atoms with van der Waals surface area (Å²) in [5.41, 5.74) is 5.38. The van der Waals surface area contributed by atoms with Crippen LogP contribution < -0.4 is 10.2 Å². The first-order valence-electron chi connectivity index (χ1n) is 11.2. The van der Waals surface area contributed by atoms with Gasteiger partial charge >= 0.3 is 0 Å². The van der Waals surface area contributed by atoms with Crippen LogP contribution >= 0.6 is 27.7 Å². The van der Waals surface area contributed by atoms with Crippen molar-refractivity contribution in [2.45, 2.75) is 12.1 Å². The van der Waals surface area contributed by atoms with Gasteiger partial charge in [-0.15, -0.1) is 10.2 Å². The maximum absolute atomic E-state index is 12.4. The van der Waals surface area contributed by atoms with Gasteiger partial charge in [-0.3, -0.25) is 9.36 Å². The second-order valence-corrected chi connectivity index (χ2v) is 9.31. The van der Waals surface area contributed by atoms with Gasteiger partial charge in [0.1, 0.15) is 5.75 Å². The summed E-state index contributed by atoms with van der Waals surface area (Å²) in [7, 11) is 0. The van der Waals surface area contributed by atoms with Crippen LogP contribution in [0.25, 0.3) is 23.2 Å². The second-order valence-electron chi connectivity index (χ2n) is 7.46. The Morgan fingerprint density at radius 3 is 2.42 bits per heavy atom. The van der Waals surface area contributed by atoms with Crippen LogP contribution in [0.15, 0.2) is 99.7 Å². The lowest BCUT2D eigenvalue weighted by molar-refractivity contribution is -0.118. The Morgan fingerprint density at radius 2 is 1.72 bits per heavy atom. The minimum Gasteiger partial charge on any atom is -0.494 e. The average molecular weight is 562 g/mol. The van der Waals surface area contributed by atoms with Gasteiger partial charge < -0.3 is 4.74 Å². The number of carbonyl (C=O) groups excluding carboxylic acids is 1. The highest BCUT2D eigenvalue weighted by Gasteiger charge is 2.17. The van der Waals surface area contributed by atoms with Crippen molar-refractivity contribution in [1.82, 2.24) is 20.2 Å². The van der Waals surface area contributed by atoms with Gasteiger partial charge in [0.15, 0.2) is 11.0 Å². The third-order valence-corrected chi connectivity index (χ3v) is 6.25. The molecule has 1 amide bonds. The average Bonchev–Trinajstić information content (AvgIpc) is 3.33. The zero-order valence-electron chi connectivity index (χ0n) is 19.5. The molecule has 0 aliphatic carbocycles. The molecule has 0 saturated heterocycles. The summed E-state index contributed by atoms with van der Waals surface area (Å²) in [6.45, 7) is 2.54. The fraction of sp³-hybridized carbons (Fsp3) is 0.111. The van der Waals surface area contributed by atoms with E-state index in [9.17, 15) is 4.79 Å². The molecule has 0 saturated carbocycles. The first-order chi connectivity index (χ1) is 17.6. The molecule has 9 heteroatoms. The van der Waals surface area contributed by atoms with Crippen molar-refractivity contribution >= 4 is 45.9 Å². The lowest BCUT2D eigenvalue weighted by atomic mass is 10.2. The molecular weight excluding hydrogens is 538 g/mol. The number of nitrogens with one attached hydrogen (secondary N) is 1. The number of allylic oxidation sites excluding steroid dienone is 1. The molecular formula is C27H24BrN5O2S.